The van der Waals surface area contributed by atoms with Gasteiger partial charge in [0.1, 0.15) is 16.7 Å². The van der Waals surface area contributed by atoms with Crippen LogP contribution in [0, 0.1) is 5.82 Å². The number of fused-ring (bicyclic) bond motifs is 1. The summed E-state index contributed by atoms with van der Waals surface area (Å²) in [7, 11) is 3.08. The van der Waals surface area contributed by atoms with Gasteiger partial charge < -0.3 is 24.8 Å². The first kappa shape index (κ1) is 22.5. The third-order valence-electron chi connectivity index (χ3n) is 5.84. The van der Waals surface area contributed by atoms with Crippen molar-refractivity contribution in [1.82, 2.24) is 9.88 Å². The van der Waals surface area contributed by atoms with E-state index < -0.39 is 17.8 Å². The van der Waals surface area contributed by atoms with Crippen LogP contribution < -0.4 is 26.1 Å². The Balaban J connectivity index is 1.62. The molecule has 0 unspecified atom stereocenters. The Hall–Kier alpha value is -2.66. The summed E-state index contributed by atoms with van der Waals surface area (Å²) in [6.45, 7) is 0.998. The van der Waals surface area contributed by atoms with Gasteiger partial charge in [-0.3, -0.25) is 9.80 Å². The minimum absolute atomic E-state index is 0.0259. The number of halogens is 2. The van der Waals surface area contributed by atoms with Crippen molar-refractivity contribution in [3.63, 3.8) is 0 Å². The van der Waals surface area contributed by atoms with Gasteiger partial charge in [0.2, 0.25) is 0 Å². The smallest absolute Gasteiger partial charge is 0.258 e. The molecule has 2 aliphatic rings. The van der Waals surface area contributed by atoms with Gasteiger partial charge in [-0.2, -0.15) is 0 Å². The second-order valence-electron chi connectivity index (χ2n) is 7.73. The molecule has 1 aromatic heterocycles. The molecule has 2 aliphatic heterocycles. The minimum atomic E-state index is -0.678. The molecule has 9 nitrogen and oxygen atoms in total. The van der Waals surface area contributed by atoms with Crippen LogP contribution in [0.15, 0.2) is 18.2 Å². The van der Waals surface area contributed by atoms with E-state index in [1.54, 1.807) is 25.3 Å². The van der Waals surface area contributed by atoms with Gasteiger partial charge in [0.05, 0.1) is 45.0 Å². The van der Waals surface area contributed by atoms with Crippen LogP contribution in [0.2, 0.25) is 5.15 Å². The number of anilines is 1. The summed E-state index contributed by atoms with van der Waals surface area (Å²) in [5.74, 6) is 6.15. The van der Waals surface area contributed by atoms with Crippen LogP contribution in [0.4, 0.5) is 10.2 Å². The van der Waals surface area contributed by atoms with Crippen molar-refractivity contribution >= 4 is 23.3 Å². The maximum absolute atomic E-state index is 15.5. The lowest BCUT2D eigenvalue weighted by atomic mass is 10.0. The summed E-state index contributed by atoms with van der Waals surface area (Å²) in [6.07, 6.45) is 0.524. The lowest BCUT2D eigenvalue weighted by molar-refractivity contribution is 0.0685. The number of hydrazine groups is 1. The zero-order valence-electron chi connectivity index (χ0n) is 17.8. The van der Waals surface area contributed by atoms with Crippen LogP contribution in [0.5, 0.6) is 11.5 Å². The number of nitrogens with two attached hydrogens (primary N) is 2. The minimum Gasteiger partial charge on any atom is -0.497 e. The van der Waals surface area contributed by atoms with E-state index in [9.17, 15) is 4.79 Å². The zero-order valence-corrected chi connectivity index (χ0v) is 18.6. The Morgan fingerprint density at radius 2 is 2.16 bits per heavy atom. The molecule has 1 aromatic carbocycles. The first-order valence-corrected chi connectivity index (χ1v) is 10.5. The van der Waals surface area contributed by atoms with Gasteiger partial charge in [-0.05, 0) is 18.6 Å². The molecule has 1 fully saturated rings. The van der Waals surface area contributed by atoms with Crippen LogP contribution in [-0.2, 0) is 17.8 Å². The van der Waals surface area contributed by atoms with Gasteiger partial charge in [-0.25, -0.2) is 15.2 Å². The topological polar surface area (TPSA) is 116 Å². The average molecular weight is 466 g/mol. The Morgan fingerprint density at radius 1 is 1.38 bits per heavy atom. The third kappa shape index (κ3) is 3.95. The quantitative estimate of drug-likeness (QED) is 0.377. The van der Waals surface area contributed by atoms with E-state index in [0.717, 1.165) is 5.56 Å². The first-order chi connectivity index (χ1) is 15.3. The highest BCUT2D eigenvalue weighted by Crippen LogP contribution is 2.36. The fourth-order valence-electron chi connectivity index (χ4n) is 4.09. The van der Waals surface area contributed by atoms with E-state index in [0.29, 0.717) is 31.1 Å². The van der Waals surface area contributed by atoms with Gasteiger partial charge in [0.15, 0.2) is 11.6 Å². The number of nitrogens with zero attached hydrogens (tertiary/aromatic N) is 3. The standard InChI is InChI=1S/C21H25ClFN5O4/c1-30-12-4-3-11(16(7-12)31-2)8-27-9-13-17(21(27)29)19(22)26-20(18(13)23)28(25)15-5-6-32-10-14(15)24/h3-4,7,14-15H,5-6,8-10,24-25H2,1-2H3/t14-,15+/m0/s1. The van der Waals surface area contributed by atoms with E-state index in [1.807, 2.05) is 0 Å². The predicted octanol–water partition coefficient (Wildman–Crippen LogP) is 1.84. The Morgan fingerprint density at radius 3 is 2.84 bits per heavy atom. The summed E-state index contributed by atoms with van der Waals surface area (Å²) >= 11 is 6.32. The van der Waals surface area contributed by atoms with Gasteiger partial charge in [0, 0.05) is 30.3 Å². The van der Waals surface area contributed by atoms with Crippen LogP contribution >= 0.6 is 11.6 Å². The van der Waals surface area contributed by atoms with Gasteiger partial charge in [-0.15, -0.1) is 0 Å². The van der Waals surface area contributed by atoms with Gasteiger partial charge in [-0.1, -0.05) is 11.6 Å². The van der Waals surface area contributed by atoms with E-state index >= 15 is 4.39 Å². The number of methoxy groups -OCH3 is 2. The van der Waals surface area contributed by atoms with E-state index in [2.05, 4.69) is 4.98 Å². The lowest BCUT2D eigenvalue weighted by Crippen LogP contribution is -2.56. The summed E-state index contributed by atoms with van der Waals surface area (Å²) in [6, 6.07) is 4.52. The van der Waals surface area contributed by atoms with Crippen molar-refractivity contribution in [2.45, 2.75) is 31.6 Å². The molecule has 2 aromatic rings. The largest absolute Gasteiger partial charge is 0.497 e. The average Bonchev–Trinajstić information content (AvgIpc) is 3.13. The number of hydrogen-bond donors (Lipinski definition) is 2. The van der Waals surface area contributed by atoms with Crippen molar-refractivity contribution in [3.05, 3.63) is 45.9 Å². The molecule has 0 radical (unpaired) electrons. The van der Waals surface area contributed by atoms with Crippen LogP contribution in [0.3, 0.4) is 0 Å². The number of aromatic nitrogens is 1. The molecule has 3 heterocycles. The maximum Gasteiger partial charge on any atom is 0.258 e. The Kier molecular flexibility index (Phi) is 6.38. The highest BCUT2D eigenvalue weighted by molar-refractivity contribution is 6.33. The Bertz CT molecular complexity index is 1040. The van der Waals surface area contributed by atoms with Crippen molar-refractivity contribution in [3.8, 4) is 11.5 Å². The molecule has 2 atom stereocenters. The number of hydrogen-bond acceptors (Lipinski definition) is 8. The van der Waals surface area contributed by atoms with E-state index in [1.165, 1.54) is 17.0 Å². The molecule has 0 saturated carbocycles. The molecule has 172 valence electrons. The molecule has 0 bridgehead atoms. The molecule has 1 amide bonds. The van der Waals surface area contributed by atoms with Gasteiger partial charge >= 0.3 is 0 Å². The highest BCUT2D eigenvalue weighted by atomic mass is 35.5. The summed E-state index contributed by atoms with van der Waals surface area (Å²) < 4.78 is 31.4. The number of benzene rings is 1. The molecule has 0 aliphatic carbocycles. The molecule has 32 heavy (non-hydrogen) atoms. The second-order valence-corrected chi connectivity index (χ2v) is 8.09. The van der Waals surface area contributed by atoms with Crippen LogP contribution in [0.1, 0.15) is 27.9 Å². The summed E-state index contributed by atoms with van der Waals surface area (Å²) in [5, 5.41) is 1.11. The zero-order chi connectivity index (χ0) is 23.0. The predicted molar refractivity (Wildman–Crippen MR) is 116 cm³/mol. The molecule has 0 spiro atoms. The van der Waals surface area contributed by atoms with E-state index in [-0.39, 0.29) is 41.2 Å². The number of carbonyl (C=O) groups is 1. The van der Waals surface area contributed by atoms with Crippen LogP contribution in [-0.4, -0.2) is 55.3 Å². The van der Waals surface area contributed by atoms with Crippen molar-refractivity contribution in [2.75, 3.05) is 32.4 Å². The van der Waals surface area contributed by atoms with Crippen LogP contribution in [0.25, 0.3) is 0 Å². The molecular formula is C21H25ClFN5O4. The molecular weight excluding hydrogens is 441 g/mol. The molecule has 4 rings (SSSR count). The number of ether oxygens (including phenoxy) is 3. The number of rotatable bonds is 6. The van der Waals surface area contributed by atoms with Crippen molar-refractivity contribution in [1.29, 1.82) is 0 Å². The Labute approximate surface area is 189 Å². The SMILES string of the molecule is COc1ccc(CN2Cc3c(F)c(N(N)[C@@H]4CCOC[C@@H]4N)nc(Cl)c3C2=O)c(OC)c1. The molecule has 11 heteroatoms. The number of amides is 1. The summed E-state index contributed by atoms with van der Waals surface area (Å²) in [5.41, 5.74) is 7.03. The first-order valence-electron chi connectivity index (χ1n) is 10.1. The second kappa shape index (κ2) is 9.07. The van der Waals surface area contributed by atoms with Gasteiger partial charge in [0.25, 0.3) is 5.91 Å². The number of pyridine rings is 1. The lowest BCUT2D eigenvalue weighted by Gasteiger charge is -2.36. The summed E-state index contributed by atoms with van der Waals surface area (Å²) in [4.78, 5) is 18.6. The van der Waals surface area contributed by atoms with E-state index in [4.69, 9.17) is 37.4 Å². The van der Waals surface area contributed by atoms with Crippen molar-refractivity contribution < 1.29 is 23.4 Å². The third-order valence-corrected chi connectivity index (χ3v) is 6.12. The molecule has 1 saturated heterocycles. The normalized spacial score (nSPS) is 20.3. The number of carbonyl (C=O) groups excluding carboxylic acids is 1. The molecule has 4 N–H and O–H groups in total. The fraction of sp³-hybridized carbons (Fsp3) is 0.429. The van der Waals surface area contributed by atoms with Crippen molar-refractivity contribution in [2.24, 2.45) is 11.6 Å². The monoisotopic (exact) mass is 465 g/mol. The maximum atomic E-state index is 15.5. The highest BCUT2D eigenvalue weighted by Gasteiger charge is 2.37. The fourth-order valence-corrected chi connectivity index (χ4v) is 4.37.